The molecule has 4 nitrogen and oxygen atoms in total. The van der Waals surface area contributed by atoms with Crippen LogP contribution in [0.4, 0.5) is 0 Å². The van der Waals surface area contributed by atoms with Crippen molar-refractivity contribution in [3.05, 3.63) is 29.3 Å². The molecule has 1 unspecified atom stereocenters. The number of ether oxygens (including phenoxy) is 2. The van der Waals surface area contributed by atoms with Crippen LogP contribution in [0, 0.1) is 6.92 Å². The van der Waals surface area contributed by atoms with E-state index in [-0.39, 0.29) is 6.04 Å². The minimum absolute atomic E-state index is 0.0256. The summed E-state index contributed by atoms with van der Waals surface area (Å²) in [6.07, 6.45) is 2.56. The van der Waals surface area contributed by atoms with Gasteiger partial charge in [-0.15, -0.1) is 0 Å². The van der Waals surface area contributed by atoms with Gasteiger partial charge in [0, 0.05) is 37.8 Å². The van der Waals surface area contributed by atoms with Crippen LogP contribution in [0.1, 0.15) is 30.0 Å². The molecule has 1 aromatic rings. The summed E-state index contributed by atoms with van der Waals surface area (Å²) in [4.78, 5) is 2.44. The lowest BCUT2D eigenvalue weighted by molar-refractivity contribution is 0.139. The third kappa shape index (κ3) is 3.95. The van der Waals surface area contributed by atoms with Gasteiger partial charge >= 0.3 is 0 Å². The lowest BCUT2D eigenvalue weighted by atomic mass is 10.0. The Hall–Kier alpha value is -1.10. The summed E-state index contributed by atoms with van der Waals surface area (Å²) in [6.45, 7) is 4.64. The molecule has 0 amide bonds. The molecule has 2 rings (SSSR count). The van der Waals surface area contributed by atoms with E-state index in [2.05, 4.69) is 24.0 Å². The van der Waals surface area contributed by atoms with Gasteiger partial charge in [-0.2, -0.15) is 0 Å². The number of rotatable bonds is 8. The predicted octanol–water partition coefficient (Wildman–Crippen LogP) is 2.11. The Bertz CT molecular complexity index is 432. The Balaban J connectivity index is 2.05. The van der Waals surface area contributed by atoms with E-state index in [1.165, 1.54) is 18.4 Å². The Morgan fingerprint density at radius 2 is 2.10 bits per heavy atom. The molecule has 1 aliphatic carbocycles. The monoisotopic (exact) mass is 278 g/mol. The zero-order chi connectivity index (χ0) is 14.5. The van der Waals surface area contributed by atoms with E-state index in [0.29, 0.717) is 6.04 Å². The summed E-state index contributed by atoms with van der Waals surface area (Å²) >= 11 is 0. The lowest BCUT2D eigenvalue weighted by Crippen LogP contribution is -2.36. The van der Waals surface area contributed by atoms with Gasteiger partial charge < -0.3 is 15.2 Å². The molecule has 0 bridgehead atoms. The minimum Gasteiger partial charge on any atom is -0.496 e. The molecule has 0 heterocycles. The van der Waals surface area contributed by atoms with Crippen LogP contribution in [0.25, 0.3) is 0 Å². The molecule has 2 N–H and O–H groups in total. The Labute approximate surface area is 121 Å². The van der Waals surface area contributed by atoms with Crippen LogP contribution < -0.4 is 10.5 Å². The maximum absolute atomic E-state index is 6.42. The molecule has 20 heavy (non-hydrogen) atoms. The van der Waals surface area contributed by atoms with E-state index in [9.17, 15) is 0 Å². The predicted molar refractivity (Wildman–Crippen MR) is 81.1 cm³/mol. The van der Waals surface area contributed by atoms with Crippen LogP contribution in [-0.2, 0) is 4.74 Å². The normalized spacial score (nSPS) is 16.4. The van der Waals surface area contributed by atoms with Gasteiger partial charge in [0.2, 0.25) is 0 Å². The first-order valence-electron chi connectivity index (χ1n) is 7.28. The van der Waals surface area contributed by atoms with Crippen molar-refractivity contribution in [1.82, 2.24) is 4.90 Å². The van der Waals surface area contributed by atoms with Crippen LogP contribution in [0.3, 0.4) is 0 Å². The van der Waals surface area contributed by atoms with E-state index in [0.717, 1.165) is 31.0 Å². The van der Waals surface area contributed by atoms with Crippen molar-refractivity contribution in [1.29, 1.82) is 0 Å². The number of hydrogen-bond acceptors (Lipinski definition) is 4. The maximum Gasteiger partial charge on any atom is 0.123 e. The van der Waals surface area contributed by atoms with Crippen LogP contribution in [0.5, 0.6) is 5.75 Å². The van der Waals surface area contributed by atoms with Gasteiger partial charge in [-0.05, 0) is 25.8 Å². The average molecular weight is 278 g/mol. The highest BCUT2D eigenvalue weighted by Crippen LogP contribution is 2.30. The molecule has 4 heteroatoms. The molecular formula is C16H26N2O2. The second kappa shape index (κ2) is 7.07. The molecular weight excluding hydrogens is 252 g/mol. The summed E-state index contributed by atoms with van der Waals surface area (Å²) in [6, 6.07) is 6.85. The number of methoxy groups -OCH3 is 2. The number of nitrogens with two attached hydrogens (primary N) is 1. The zero-order valence-electron chi connectivity index (χ0n) is 12.8. The Morgan fingerprint density at radius 1 is 1.35 bits per heavy atom. The van der Waals surface area contributed by atoms with Crippen molar-refractivity contribution < 1.29 is 9.47 Å². The van der Waals surface area contributed by atoms with Crippen molar-refractivity contribution >= 4 is 0 Å². The van der Waals surface area contributed by atoms with Gasteiger partial charge in [0.15, 0.2) is 0 Å². The molecule has 1 aromatic carbocycles. The van der Waals surface area contributed by atoms with Crippen LogP contribution >= 0.6 is 0 Å². The number of hydrogen-bond donors (Lipinski definition) is 1. The SMILES string of the molecule is COCCN(CC(N)c1cc(C)ccc1OC)C1CC1. The third-order valence-corrected chi connectivity index (χ3v) is 3.86. The second-order valence-corrected chi connectivity index (χ2v) is 5.57. The molecule has 0 aliphatic heterocycles. The van der Waals surface area contributed by atoms with Crippen LogP contribution in [0.15, 0.2) is 18.2 Å². The highest BCUT2D eigenvalue weighted by Gasteiger charge is 2.30. The molecule has 0 radical (unpaired) electrons. The average Bonchev–Trinajstić information content (AvgIpc) is 3.27. The maximum atomic E-state index is 6.42. The van der Waals surface area contributed by atoms with Crippen molar-refractivity contribution in [3.8, 4) is 5.75 Å². The molecule has 0 saturated heterocycles. The summed E-state index contributed by atoms with van der Waals surface area (Å²) in [7, 11) is 3.44. The highest BCUT2D eigenvalue weighted by atomic mass is 16.5. The van der Waals surface area contributed by atoms with Crippen molar-refractivity contribution in [2.24, 2.45) is 5.73 Å². The van der Waals surface area contributed by atoms with Gasteiger partial charge in [0.25, 0.3) is 0 Å². The molecule has 0 aromatic heterocycles. The number of nitrogens with zero attached hydrogens (tertiary/aromatic N) is 1. The standard InChI is InChI=1S/C16H26N2O2/c1-12-4-7-16(20-3)14(10-12)15(17)11-18(8-9-19-2)13-5-6-13/h4,7,10,13,15H,5-6,8-9,11,17H2,1-3H3. The highest BCUT2D eigenvalue weighted by molar-refractivity contribution is 5.39. The van der Waals surface area contributed by atoms with Crippen molar-refractivity contribution in [2.45, 2.75) is 31.8 Å². The molecule has 112 valence electrons. The topological polar surface area (TPSA) is 47.7 Å². The summed E-state index contributed by atoms with van der Waals surface area (Å²) in [5.74, 6) is 0.880. The van der Waals surface area contributed by atoms with E-state index in [4.69, 9.17) is 15.2 Å². The van der Waals surface area contributed by atoms with Gasteiger partial charge in [0.1, 0.15) is 5.75 Å². The summed E-state index contributed by atoms with van der Waals surface area (Å²) < 4.78 is 10.6. The number of benzene rings is 1. The quantitative estimate of drug-likeness (QED) is 0.791. The minimum atomic E-state index is -0.0256. The molecule has 1 fully saturated rings. The van der Waals surface area contributed by atoms with Crippen molar-refractivity contribution in [2.75, 3.05) is 33.9 Å². The van der Waals surface area contributed by atoms with Crippen LogP contribution in [0.2, 0.25) is 0 Å². The Kier molecular flexibility index (Phi) is 5.40. The second-order valence-electron chi connectivity index (χ2n) is 5.57. The lowest BCUT2D eigenvalue weighted by Gasteiger charge is -2.26. The fourth-order valence-electron chi connectivity index (χ4n) is 2.57. The largest absolute Gasteiger partial charge is 0.496 e. The van der Waals surface area contributed by atoms with E-state index in [1.807, 2.05) is 6.07 Å². The molecule has 1 aliphatic rings. The first kappa shape index (κ1) is 15.3. The summed E-state index contributed by atoms with van der Waals surface area (Å²) in [5, 5.41) is 0. The van der Waals surface area contributed by atoms with E-state index >= 15 is 0 Å². The third-order valence-electron chi connectivity index (χ3n) is 3.86. The van der Waals surface area contributed by atoms with Gasteiger partial charge in [-0.1, -0.05) is 17.7 Å². The first-order valence-corrected chi connectivity index (χ1v) is 7.28. The van der Waals surface area contributed by atoms with E-state index < -0.39 is 0 Å². The van der Waals surface area contributed by atoms with Gasteiger partial charge in [-0.3, -0.25) is 4.90 Å². The van der Waals surface area contributed by atoms with Crippen LogP contribution in [-0.4, -0.2) is 44.9 Å². The fourth-order valence-corrected chi connectivity index (χ4v) is 2.57. The Morgan fingerprint density at radius 3 is 2.70 bits per heavy atom. The molecule has 0 spiro atoms. The molecule has 1 saturated carbocycles. The van der Waals surface area contributed by atoms with Crippen molar-refractivity contribution in [3.63, 3.8) is 0 Å². The smallest absolute Gasteiger partial charge is 0.123 e. The number of aryl methyl sites for hydroxylation is 1. The van der Waals surface area contributed by atoms with Gasteiger partial charge in [-0.25, -0.2) is 0 Å². The van der Waals surface area contributed by atoms with Gasteiger partial charge in [0.05, 0.1) is 13.7 Å². The van der Waals surface area contributed by atoms with E-state index in [1.54, 1.807) is 14.2 Å². The summed E-state index contributed by atoms with van der Waals surface area (Å²) in [5.41, 5.74) is 8.72. The first-order chi connectivity index (χ1) is 9.65. The fraction of sp³-hybridized carbons (Fsp3) is 0.625. The molecule has 1 atom stereocenters. The zero-order valence-corrected chi connectivity index (χ0v) is 12.8.